The van der Waals surface area contributed by atoms with E-state index in [4.69, 9.17) is 0 Å². The summed E-state index contributed by atoms with van der Waals surface area (Å²) >= 11 is 0. The summed E-state index contributed by atoms with van der Waals surface area (Å²) < 4.78 is 2.33. The molecule has 0 amide bonds. The van der Waals surface area contributed by atoms with Crippen molar-refractivity contribution in [2.24, 2.45) is 17.8 Å². The van der Waals surface area contributed by atoms with Crippen LogP contribution in [0.5, 0.6) is 0 Å². The van der Waals surface area contributed by atoms with Gasteiger partial charge in [0.25, 0.3) is 0 Å². The SMILES string of the molecule is C1CCn2c(nnc2CNCC2CC3CCC2C3)C1. The first-order chi connectivity index (χ1) is 9.40. The van der Waals surface area contributed by atoms with Crippen LogP contribution in [-0.2, 0) is 19.5 Å². The first kappa shape index (κ1) is 11.9. The molecule has 0 spiro atoms. The maximum Gasteiger partial charge on any atom is 0.147 e. The van der Waals surface area contributed by atoms with Gasteiger partial charge >= 0.3 is 0 Å². The predicted octanol–water partition coefficient (Wildman–Crippen LogP) is 2.14. The van der Waals surface area contributed by atoms with Crippen LogP contribution in [0.3, 0.4) is 0 Å². The molecule has 2 fully saturated rings. The van der Waals surface area contributed by atoms with Gasteiger partial charge in [-0.1, -0.05) is 6.42 Å². The summed E-state index contributed by atoms with van der Waals surface area (Å²) in [6, 6.07) is 0. The van der Waals surface area contributed by atoms with Gasteiger partial charge in [-0.05, 0) is 56.4 Å². The van der Waals surface area contributed by atoms with Crippen LogP contribution in [0, 0.1) is 17.8 Å². The highest BCUT2D eigenvalue weighted by molar-refractivity contribution is 4.99. The Bertz CT molecular complexity index is 453. The van der Waals surface area contributed by atoms with Crippen LogP contribution in [-0.4, -0.2) is 21.3 Å². The Morgan fingerprint density at radius 3 is 3.00 bits per heavy atom. The molecular formula is C15H24N4. The standard InChI is InChI=1S/C15H24N4/c1-2-6-19-14(3-1)17-18-15(19)10-16-9-13-8-11-4-5-12(13)7-11/h11-13,16H,1-10H2. The van der Waals surface area contributed by atoms with Gasteiger partial charge in [-0.2, -0.15) is 0 Å². The zero-order valence-electron chi connectivity index (χ0n) is 11.6. The Morgan fingerprint density at radius 1 is 1.16 bits per heavy atom. The van der Waals surface area contributed by atoms with Gasteiger partial charge in [0.15, 0.2) is 0 Å². The summed E-state index contributed by atoms with van der Waals surface area (Å²) in [6.07, 6.45) is 9.62. The lowest BCUT2D eigenvalue weighted by molar-refractivity contribution is 0.316. The van der Waals surface area contributed by atoms with Crippen molar-refractivity contribution in [2.75, 3.05) is 6.54 Å². The summed E-state index contributed by atoms with van der Waals surface area (Å²) in [7, 11) is 0. The Kier molecular flexibility index (Phi) is 3.06. The van der Waals surface area contributed by atoms with Crippen LogP contribution in [0.2, 0.25) is 0 Å². The summed E-state index contributed by atoms with van der Waals surface area (Å²) in [5, 5.41) is 12.3. The average Bonchev–Trinajstić information content (AvgIpc) is 3.14. The summed E-state index contributed by atoms with van der Waals surface area (Å²) in [6.45, 7) is 3.21. The van der Waals surface area contributed by atoms with Crippen LogP contribution in [0.1, 0.15) is 50.2 Å². The summed E-state index contributed by atoms with van der Waals surface area (Å²) in [5.74, 6) is 5.35. The second-order valence-electron chi connectivity index (χ2n) is 6.71. The third-order valence-corrected chi connectivity index (χ3v) is 5.51. The minimum atomic E-state index is 0.904. The topological polar surface area (TPSA) is 42.7 Å². The molecule has 1 aromatic heterocycles. The largest absolute Gasteiger partial charge is 0.314 e. The predicted molar refractivity (Wildman–Crippen MR) is 73.6 cm³/mol. The normalized spacial score (nSPS) is 32.7. The van der Waals surface area contributed by atoms with E-state index in [9.17, 15) is 0 Å². The van der Waals surface area contributed by atoms with Crippen LogP contribution in [0.25, 0.3) is 0 Å². The van der Waals surface area contributed by atoms with E-state index in [1.807, 2.05) is 0 Å². The lowest BCUT2D eigenvalue weighted by Crippen LogP contribution is -2.27. The smallest absolute Gasteiger partial charge is 0.147 e. The van der Waals surface area contributed by atoms with Crippen molar-refractivity contribution < 1.29 is 0 Å². The molecule has 1 aromatic rings. The highest BCUT2D eigenvalue weighted by atomic mass is 15.3. The van der Waals surface area contributed by atoms with Crippen molar-refractivity contribution >= 4 is 0 Å². The van der Waals surface area contributed by atoms with Crippen molar-refractivity contribution in [3.63, 3.8) is 0 Å². The quantitative estimate of drug-likeness (QED) is 0.902. The molecule has 104 valence electrons. The lowest BCUT2D eigenvalue weighted by Gasteiger charge is -2.22. The van der Waals surface area contributed by atoms with Crippen molar-refractivity contribution in [3.8, 4) is 0 Å². The molecule has 1 N–H and O–H groups in total. The van der Waals surface area contributed by atoms with Crippen LogP contribution in [0.15, 0.2) is 0 Å². The van der Waals surface area contributed by atoms with Crippen molar-refractivity contribution in [1.82, 2.24) is 20.1 Å². The van der Waals surface area contributed by atoms with Gasteiger partial charge in [-0.15, -0.1) is 10.2 Å². The van der Waals surface area contributed by atoms with E-state index in [-0.39, 0.29) is 0 Å². The van der Waals surface area contributed by atoms with Gasteiger partial charge in [0.1, 0.15) is 11.6 Å². The number of hydrogen-bond donors (Lipinski definition) is 1. The Hall–Kier alpha value is -0.900. The molecule has 4 rings (SSSR count). The number of rotatable bonds is 4. The Morgan fingerprint density at radius 2 is 2.16 bits per heavy atom. The maximum absolute atomic E-state index is 4.36. The van der Waals surface area contributed by atoms with Gasteiger partial charge in [-0.25, -0.2) is 0 Å². The fourth-order valence-corrected chi connectivity index (χ4v) is 4.50. The van der Waals surface area contributed by atoms with Gasteiger partial charge < -0.3 is 9.88 Å². The fourth-order valence-electron chi connectivity index (χ4n) is 4.50. The lowest BCUT2D eigenvalue weighted by atomic mass is 9.89. The number of aryl methyl sites for hydroxylation is 1. The maximum atomic E-state index is 4.36. The molecule has 0 saturated heterocycles. The first-order valence-corrected chi connectivity index (χ1v) is 8.02. The molecule has 2 saturated carbocycles. The molecule has 2 heterocycles. The second-order valence-corrected chi connectivity index (χ2v) is 6.71. The number of nitrogens with zero attached hydrogens (tertiary/aromatic N) is 3. The van der Waals surface area contributed by atoms with E-state index in [0.29, 0.717) is 0 Å². The minimum Gasteiger partial charge on any atom is -0.314 e. The van der Waals surface area contributed by atoms with E-state index < -0.39 is 0 Å². The molecule has 3 aliphatic rings. The van der Waals surface area contributed by atoms with E-state index in [1.54, 1.807) is 0 Å². The molecule has 3 atom stereocenters. The molecule has 4 nitrogen and oxygen atoms in total. The summed E-state index contributed by atoms with van der Waals surface area (Å²) in [4.78, 5) is 0. The molecule has 2 bridgehead atoms. The van der Waals surface area contributed by atoms with Gasteiger partial charge in [0.2, 0.25) is 0 Å². The molecule has 0 radical (unpaired) electrons. The van der Waals surface area contributed by atoms with E-state index >= 15 is 0 Å². The molecule has 4 heteroatoms. The van der Waals surface area contributed by atoms with Gasteiger partial charge in [0.05, 0.1) is 6.54 Å². The minimum absolute atomic E-state index is 0.904. The van der Waals surface area contributed by atoms with E-state index in [2.05, 4.69) is 20.1 Å². The highest BCUT2D eigenvalue weighted by Crippen LogP contribution is 2.47. The third-order valence-electron chi connectivity index (χ3n) is 5.51. The van der Waals surface area contributed by atoms with Crippen LogP contribution in [0.4, 0.5) is 0 Å². The van der Waals surface area contributed by atoms with Crippen molar-refractivity contribution in [2.45, 2.75) is 58.0 Å². The fraction of sp³-hybridized carbons (Fsp3) is 0.867. The first-order valence-electron chi connectivity index (χ1n) is 8.02. The molecule has 2 aliphatic carbocycles. The molecule has 19 heavy (non-hydrogen) atoms. The second kappa shape index (κ2) is 4.89. The zero-order valence-corrected chi connectivity index (χ0v) is 11.6. The van der Waals surface area contributed by atoms with Crippen molar-refractivity contribution in [3.05, 3.63) is 11.6 Å². The van der Waals surface area contributed by atoms with Gasteiger partial charge in [0, 0.05) is 13.0 Å². The summed E-state index contributed by atoms with van der Waals surface area (Å²) in [5.41, 5.74) is 0. The molecule has 0 aromatic carbocycles. The van der Waals surface area contributed by atoms with Crippen LogP contribution < -0.4 is 5.32 Å². The van der Waals surface area contributed by atoms with E-state index in [1.165, 1.54) is 50.9 Å². The Balaban J connectivity index is 1.32. The third kappa shape index (κ3) is 2.20. The monoisotopic (exact) mass is 260 g/mol. The number of nitrogens with one attached hydrogen (secondary N) is 1. The van der Waals surface area contributed by atoms with Gasteiger partial charge in [-0.3, -0.25) is 0 Å². The zero-order chi connectivity index (χ0) is 12.7. The van der Waals surface area contributed by atoms with Crippen molar-refractivity contribution in [1.29, 1.82) is 0 Å². The Labute approximate surface area is 115 Å². The van der Waals surface area contributed by atoms with Crippen LogP contribution >= 0.6 is 0 Å². The molecule has 3 unspecified atom stereocenters. The molecular weight excluding hydrogens is 236 g/mol. The average molecular weight is 260 g/mol. The number of hydrogen-bond acceptors (Lipinski definition) is 3. The number of fused-ring (bicyclic) bond motifs is 3. The van der Waals surface area contributed by atoms with E-state index in [0.717, 1.165) is 43.1 Å². The highest BCUT2D eigenvalue weighted by Gasteiger charge is 2.38. The molecule has 1 aliphatic heterocycles. The number of aromatic nitrogens is 3.